The molecule has 0 aliphatic carbocycles. The van der Waals surface area contributed by atoms with E-state index in [2.05, 4.69) is 38.9 Å². The Morgan fingerprint density at radius 3 is 2.67 bits per heavy atom. The van der Waals surface area contributed by atoms with Crippen molar-refractivity contribution in [2.75, 3.05) is 12.8 Å². The number of amides is 1. The third-order valence-corrected chi connectivity index (χ3v) is 3.76. The first-order chi connectivity index (χ1) is 12.9. The molecule has 140 valence electrons. The summed E-state index contributed by atoms with van der Waals surface area (Å²) >= 11 is 0. The van der Waals surface area contributed by atoms with Crippen molar-refractivity contribution in [1.82, 2.24) is 30.0 Å². The van der Waals surface area contributed by atoms with Crippen molar-refractivity contribution < 1.29 is 9.32 Å². The number of aromatic nitrogens is 5. The molecule has 0 spiro atoms. The van der Waals surface area contributed by atoms with E-state index >= 15 is 0 Å². The van der Waals surface area contributed by atoms with Crippen LogP contribution in [0.4, 0.5) is 5.95 Å². The van der Waals surface area contributed by atoms with Crippen LogP contribution in [-0.4, -0.2) is 42.9 Å². The topological polar surface area (TPSA) is 124 Å². The van der Waals surface area contributed by atoms with Crippen LogP contribution in [0.1, 0.15) is 35.9 Å². The molecule has 0 unspecified atom stereocenters. The molecule has 2 N–H and O–H groups in total. The SMILES string of the molecule is CC(C)Cc1cc(C(=O)N(C)Cc2nc(-c3ccncc3)no2)nc(N)n1. The van der Waals surface area contributed by atoms with Crippen LogP contribution < -0.4 is 5.73 Å². The van der Waals surface area contributed by atoms with E-state index < -0.39 is 0 Å². The van der Waals surface area contributed by atoms with Crippen molar-refractivity contribution in [3.63, 3.8) is 0 Å². The highest BCUT2D eigenvalue weighted by Crippen LogP contribution is 2.16. The van der Waals surface area contributed by atoms with Crippen LogP contribution in [0.3, 0.4) is 0 Å². The Morgan fingerprint density at radius 1 is 1.22 bits per heavy atom. The maximum atomic E-state index is 12.7. The largest absolute Gasteiger partial charge is 0.368 e. The highest BCUT2D eigenvalue weighted by atomic mass is 16.5. The lowest BCUT2D eigenvalue weighted by Crippen LogP contribution is -2.27. The monoisotopic (exact) mass is 367 g/mol. The molecule has 0 aromatic carbocycles. The molecule has 3 aromatic rings. The summed E-state index contributed by atoms with van der Waals surface area (Å²) in [6.45, 7) is 4.30. The van der Waals surface area contributed by atoms with Gasteiger partial charge in [-0.15, -0.1) is 0 Å². The molecule has 9 heteroatoms. The van der Waals surface area contributed by atoms with E-state index in [-0.39, 0.29) is 24.1 Å². The molecule has 1 amide bonds. The second-order valence-electron chi connectivity index (χ2n) is 6.61. The standard InChI is InChI=1S/C18H21N7O2/c1-11(2)8-13-9-14(22-18(19)21-13)17(26)25(3)10-15-23-16(24-27-15)12-4-6-20-7-5-12/h4-7,9,11H,8,10H2,1-3H3,(H2,19,21,22). The Bertz CT molecular complexity index is 924. The molecule has 27 heavy (non-hydrogen) atoms. The van der Waals surface area contributed by atoms with Crippen LogP contribution in [0.25, 0.3) is 11.4 Å². The number of nitrogens with zero attached hydrogens (tertiary/aromatic N) is 6. The van der Waals surface area contributed by atoms with Crippen LogP contribution in [0.15, 0.2) is 35.1 Å². The Balaban J connectivity index is 1.73. The molecular weight excluding hydrogens is 346 g/mol. The molecule has 3 heterocycles. The van der Waals surface area contributed by atoms with Gasteiger partial charge in [0.05, 0.1) is 0 Å². The predicted octanol–water partition coefficient (Wildman–Crippen LogP) is 1.97. The number of pyridine rings is 1. The lowest BCUT2D eigenvalue weighted by atomic mass is 10.1. The third kappa shape index (κ3) is 4.63. The number of carbonyl (C=O) groups is 1. The first-order valence-electron chi connectivity index (χ1n) is 8.54. The third-order valence-electron chi connectivity index (χ3n) is 3.76. The van der Waals surface area contributed by atoms with Crippen LogP contribution in [-0.2, 0) is 13.0 Å². The normalized spacial score (nSPS) is 11.0. The van der Waals surface area contributed by atoms with Crippen molar-refractivity contribution in [1.29, 1.82) is 0 Å². The second kappa shape index (κ2) is 7.90. The van der Waals surface area contributed by atoms with Crippen LogP contribution in [0, 0.1) is 5.92 Å². The summed E-state index contributed by atoms with van der Waals surface area (Å²) < 4.78 is 5.24. The number of nitrogens with two attached hydrogens (primary N) is 1. The van der Waals surface area contributed by atoms with Crippen molar-refractivity contribution in [2.45, 2.75) is 26.8 Å². The minimum Gasteiger partial charge on any atom is -0.368 e. The molecule has 3 rings (SSSR count). The molecule has 0 radical (unpaired) electrons. The number of nitrogen functional groups attached to an aromatic ring is 1. The van der Waals surface area contributed by atoms with E-state index in [4.69, 9.17) is 10.3 Å². The Kier molecular flexibility index (Phi) is 5.39. The van der Waals surface area contributed by atoms with E-state index in [9.17, 15) is 4.79 Å². The minimum atomic E-state index is -0.294. The van der Waals surface area contributed by atoms with Crippen molar-refractivity contribution >= 4 is 11.9 Å². The van der Waals surface area contributed by atoms with Gasteiger partial charge in [-0.05, 0) is 30.5 Å². The summed E-state index contributed by atoms with van der Waals surface area (Å²) in [7, 11) is 1.64. The van der Waals surface area contributed by atoms with Gasteiger partial charge in [0.2, 0.25) is 17.7 Å². The van der Waals surface area contributed by atoms with E-state index in [1.54, 1.807) is 37.6 Å². The van der Waals surface area contributed by atoms with E-state index in [1.165, 1.54) is 4.90 Å². The van der Waals surface area contributed by atoms with Gasteiger partial charge in [0.15, 0.2) is 0 Å². The fraction of sp³-hybridized carbons (Fsp3) is 0.333. The van der Waals surface area contributed by atoms with Crippen LogP contribution >= 0.6 is 0 Å². The number of hydrogen-bond acceptors (Lipinski definition) is 8. The first-order valence-corrected chi connectivity index (χ1v) is 8.54. The maximum absolute atomic E-state index is 12.7. The number of hydrogen-bond donors (Lipinski definition) is 1. The van der Waals surface area contributed by atoms with Crippen molar-refractivity contribution in [2.24, 2.45) is 5.92 Å². The van der Waals surface area contributed by atoms with Gasteiger partial charge in [-0.1, -0.05) is 19.0 Å². The Hall–Kier alpha value is -3.36. The van der Waals surface area contributed by atoms with Crippen LogP contribution in [0.5, 0.6) is 0 Å². The van der Waals surface area contributed by atoms with Gasteiger partial charge in [0.1, 0.15) is 12.2 Å². The zero-order valence-corrected chi connectivity index (χ0v) is 15.5. The molecule has 0 saturated heterocycles. The molecule has 0 fully saturated rings. The summed E-state index contributed by atoms with van der Waals surface area (Å²) in [5.41, 5.74) is 7.53. The van der Waals surface area contributed by atoms with E-state index in [1.807, 2.05) is 0 Å². The molecule has 0 bridgehead atoms. The van der Waals surface area contributed by atoms with Crippen molar-refractivity contribution in [3.05, 3.63) is 47.9 Å². The van der Waals surface area contributed by atoms with Gasteiger partial charge >= 0.3 is 0 Å². The highest BCUT2D eigenvalue weighted by molar-refractivity contribution is 5.92. The van der Waals surface area contributed by atoms with Gasteiger partial charge in [-0.2, -0.15) is 4.98 Å². The smallest absolute Gasteiger partial charge is 0.272 e. The Labute approximate surface area is 156 Å². The van der Waals surface area contributed by atoms with E-state index in [0.29, 0.717) is 17.6 Å². The molecule has 0 aliphatic heterocycles. The molecule has 0 aliphatic rings. The number of carbonyl (C=O) groups excluding carboxylic acids is 1. The molecule has 9 nitrogen and oxygen atoms in total. The van der Waals surface area contributed by atoms with Gasteiger partial charge in [-0.25, -0.2) is 9.97 Å². The zero-order valence-electron chi connectivity index (χ0n) is 15.5. The Morgan fingerprint density at radius 2 is 1.96 bits per heavy atom. The lowest BCUT2D eigenvalue weighted by Gasteiger charge is -2.15. The summed E-state index contributed by atoms with van der Waals surface area (Å²) in [5, 5.41) is 3.93. The van der Waals surface area contributed by atoms with Gasteiger partial charge < -0.3 is 15.2 Å². The van der Waals surface area contributed by atoms with E-state index in [0.717, 1.165) is 17.7 Å². The summed E-state index contributed by atoms with van der Waals surface area (Å²) in [5.74, 6) is 0.950. The molecule has 0 saturated carbocycles. The number of rotatable bonds is 6. The fourth-order valence-corrected chi connectivity index (χ4v) is 2.56. The van der Waals surface area contributed by atoms with Gasteiger partial charge in [0.25, 0.3) is 5.91 Å². The average molecular weight is 367 g/mol. The minimum absolute atomic E-state index is 0.0858. The average Bonchev–Trinajstić information content (AvgIpc) is 3.09. The maximum Gasteiger partial charge on any atom is 0.272 e. The summed E-state index contributed by atoms with van der Waals surface area (Å²) in [6, 6.07) is 5.23. The highest BCUT2D eigenvalue weighted by Gasteiger charge is 2.19. The van der Waals surface area contributed by atoms with Gasteiger partial charge in [0, 0.05) is 30.7 Å². The quantitative estimate of drug-likeness (QED) is 0.701. The number of anilines is 1. The predicted molar refractivity (Wildman–Crippen MR) is 98.3 cm³/mol. The zero-order chi connectivity index (χ0) is 19.4. The lowest BCUT2D eigenvalue weighted by molar-refractivity contribution is 0.0763. The molecule has 3 aromatic heterocycles. The van der Waals surface area contributed by atoms with Gasteiger partial charge in [-0.3, -0.25) is 9.78 Å². The molecular formula is C18H21N7O2. The summed E-state index contributed by atoms with van der Waals surface area (Å²) in [4.78, 5) is 30.7. The molecule has 0 atom stereocenters. The first kappa shape index (κ1) is 18.4. The van der Waals surface area contributed by atoms with Crippen LogP contribution in [0.2, 0.25) is 0 Å². The fourth-order valence-electron chi connectivity index (χ4n) is 2.56. The van der Waals surface area contributed by atoms with Crippen molar-refractivity contribution in [3.8, 4) is 11.4 Å². The second-order valence-corrected chi connectivity index (χ2v) is 6.61. The summed E-state index contributed by atoms with van der Waals surface area (Å²) in [6.07, 6.45) is 4.01.